The minimum atomic E-state index is -5.08. The summed E-state index contributed by atoms with van der Waals surface area (Å²) in [7, 11) is 3.75. The lowest BCUT2D eigenvalue weighted by atomic mass is 10.1. The fourth-order valence-electron chi connectivity index (χ4n) is 2.99. The number of alkyl halides is 3. The van der Waals surface area contributed by atoms with Crippen molar-refractivity contribution >= 4 is 28.9 Å². The van der Waals surface area contributed by atoms with E-state index in [9.17, 15) is 22.8 Å². The van der Waals surface area contributed by atoms with Crippen molar-refractivity contribution in [3.05, 3.63) is 62.5 Å². The van der Waals surface area contributed by atoms with Crippen LogP contribution in [0.2, 0.25) is 0 Å². The van der Waals surface area contributed by atoms with E-state index in [1.54, 1.807) is 42.6 Å². The van der Waals surface area contributed by atoms with Gasteiger partial charge in [-0.25, -0.2) is 9.59 Å². The number of halogens is 3. The SMILES string of the molecule is CN1CCc2cc(C(=O)Nc3ccc(-n4ncn(C)c4=O)cc3)sc2C1.O=C(O)C(F)(F)F. The first-order valence-electron chi connectivity index (χ1n) is 9.58. The molecule has 0 fully saturated rings. The third-order valence-corrected chi connectivity index (χ3v) is 5.89. The number of hydrogen-bond donors (Lipinski definition) is 2. The van der Waals surface area contributed by atoms with Crippen LogP contribution in [0.1, 0.15) is 20.1 Å². The summed E-state index contributed by atoms with van der Waals surface area (Å²) in [5.41, 5.74) is 2.41. The normalized spacial score (nSPS) is 13.6. The molecule has 0 atom stereocenters. The highest BCUT2D eigenvalue weighted by Crippen LogP contribution is 2.28. The van der Waals surface area contributed by atoms with E-state index < -0.39 is 12.1 Å². The Balaban J connectivity index is 0.000000383. The number of carbonyl (C=O) groups excluding carboxylic acids is 1. The molecule has 3 heterocycles. The van der Waals surface area contributed by atoms with E-state index in [2.05, 4.69) is 22.4 Å². The number of rotatable bonds is 3. The van der Waals surface area contributed by atoms with Crippen molar-refractivity contribution < 1.29 is 27.9 Å². The monoisotopic (exact) mass is 483 g/mol. The molecule has 0 aliphatic carbocycles. The first kappa shape index (κ1) is 24.2. The second-order valence-corrected chi connectivity index (χ2v) is 8.42. The van der Waals surface area contributed by atoms with Crippen LogP contribution >= 0.6 is 11.3 Å². The Hall–Kier alpha value is -3.45. The molecule has 1 aliphatic heterocycles. The van der Waals surface area contributed by atoms with Crippen molar-refractivity contribution in [1.82, 2.24) is 19.2 Å². The number of anilines is 1. The average Bonchev–Trinajstić information content (AvgIpc) is 3.31. The first-order valence-corrected chi connectivity index (χ1v) is 10.4. The van der Waals surface area contributed by atoms with Crippen molar-refractivity contribution in [1.29, 1.82) is 0 Å². The number of fused-ring (bicyclic) bond motifs is 1. The number of aryl methyl sites for hydroxylation is 1. The zero-order valence-electron chi connectivity index (χ0n) is 17.6. The number of aromatic nitrogens is 3. The predicted octanol–water partition coefficient (Wildman–Crippen LogP) is 2.51. The van der Waals surface area contributed by atoms with E-state index in [4.69, 9.17) is 9.90 Å². The van der Waals surface area contributed by atoms with Crippen LogP contribution in [0.4, 0.5) is 18.9 Å². The molecule has 0 saturated heterocycles. The van der Waals surface area contributed by atoms with Crippen LogP contribution in [0, 0.1) is 0 Å². The molecular weight excluding hydrogens is 463 g/mol. The van der Waals surface area contributed by atoms with Crippen LogP contribution in [0.25, 0.3) is 5.69 Å². The number of thiophene rings is 1. The molecule has 0 spiro atoms. The van der Waals surface area contributed by atoms with E-state index in [-0.39, 0.29) is 11.6 Å². The van der Waals surface area contributed by atoms with E-state index in [1.165, 1.54) is 26.0 Å². The van der Waals surface area contributed by atoms with Crippen molar-refractivity contribution in [3.8, 4) is 5.69 Å². The quantitative estimate of drug-likeness (QED) is 0.593. The maximum absolute atomic E-state index is 12.5. The summed E-state index contributed by atoms with van der Waals surface area (Å²) in [6, 6.07) is 9.08. The van der Waals surface area contributed by atoms with Crippen molar-refractivity contribution in [2.24, 2.45) is 7.05 Å². The lowest BCUT2D eigenvalue weighted by Gasteiger charge is -2.21. The fourth-order valence-corrected chi connectivity index (χ4v) is 4.18. The van der Waals surface area contributed by atoms with E-state index >= 15 is 0 Å². The summed E-state index contributed by atoms with van der Waals surface area (Å²) in [6.07, 6.45) is -2.63. The second kappa shape index (κ2) is 9.58. The van der Waals surface area contributed by atoms with Gasteiger partial charge in [0.1, 0.15) is 6.33 Å². The molecule has 0 unspecified atom stereocenters. The third kappa shape index (κ3) is 5.87. The lowest BCUT2D eigenvalue weighted by Crippen LogP contribution is -2.24. The minimum Gasteiger partial charge on any atom is -0.475 e. The molecule has 3 aromatic rings. The van der Waals surface area contributed by atoms with Gasteiger partial charge in [0.2, 0.25) is 0 Å². The summed E-state index contributed by atoms with van der Waals surface area (Å²) in [4.78, 5) is 37.6. The van der Waals surface area contributed by atoms with Gasteiger partial charge in [-0.15, -0.1) is 11.3 Å². The molecule has 0 saturated carbocycles. The van der Waals surface area contributed by atoms with Gasteiger partial charge in [-0.3, -0.25) is 9.36 Å². The number of aliphatic carboxylic acids is 1. The predicted molar refractivity (Wildman–Crippen MR) is 115 cm³/mol. The summed E-state index contributed by atoms with van der Waals surface area (Å²) >= 11 is 1.56. The summed E-state index contributed by atoms with van der Waals surface area (Å²) in [5, 5.41) is 14.1. The Bertz CT molecular complexity index is 1210. The Morgan fingerprint density at radius 2 is 1.82 bits per heavy atom. The van der Waals surface area contributed by atoms with Gasteiger partial charge in [-0.2, -0.15) is 23.0 Å². The maximum Gasteiger partial charge on any atom is 0.490 e. The largest absolute Gasteiger partial charge is 0.490 e. The highest BCUT2D eigenvalue weighted by atomic mass is 32.1. The standard InChI is InChI=1S/C18H19N5O2S.C2HF3O2/c1-21-8-7-12-9-15(26-16(12)10-21)17(24)20-13-3-5-14(6-4-13)23-18(25)22(2)11-19-23;3-2(4,5)1(6)7/h3-6,9,11H,7-8,10H2,1-2H3,(H,20,24);(H,6,7). The molecule has 1 amide bonds. The van der Waals surface area contributed by atoms with E-state index in [0.717, 1.165) is 24.4 Å². The molecule has 13 heteroatoms. The highest BCUT2D eigenvalue weighted by molar-refractivity contribution is 7.14. The lowest BCUT2D eigenvalue weighted by molar-refractivity contribution is -0.192. The minimum absolute atomic E-state index is 0.102. The number of likely N-dealkylation sites (N-methyl/N-ethyl adjacent to an activating group) is 1. The Morgan fingerprint density at radius 3 is 2.36 bits per heavy atom. The second-order valence-electron chi connectivity index (χ2n) is 7.29. The Morgan fingerprint density at radius 1 is 1.18 bits per heavy atom. The van der Waals surface area contributed by atoms with E-state index in [1.807, 2.05) is 6.07 Å². The van der Waals surface area contributed by atoms with Crippen LogP contribution in [-0.2, 0) is 24.8 Å². The number of nitrogens with zero attached hydrogens (tertiary/aromatic N) is 4. The summed E-state index contributed by atoms with van der Waals surface area (Å²) in [6.45, 7) is 1.93. The molecule has 1 aromatic carbocycles. The molecular formula is C20H20F3N5O4S. The fraction of sp³-hybridized carbons (Fsp3) is 0.300. The highest BCUT2D eigenvalue weighted by Gasteiger charge is 2.38. The van der Waals surface area contributed by atoms with Crippen molar-refractivity contribution in [3.63, 3.8) is 0 Å². The molecule has 2 aromatic heterocycles. The maximum atomic E-state index is 12.5. The van der Waals surface area contributed by atoms with Crippen LogP contribution in [0.3, 0.4) is 0 Å². The number of carboxylic acid groups (broad SMARTS) is 1. The zero-order valence-corrected chi connectivity index (χ0v) is 18.4. The summed E-state index contributed by atoms with van der Waals surface area (Å²) < 4.78 is 34.5. The van der Waals surface area contributed by atoms with Crippen LogP contribution in [0.15, 0.2) is 41.5 Å². The number of hydrogen-bond acceptors (Lipinski definition) is 6. The van der Waals surface area contributed by atoms with Gasteiger partial charge in [0.15, 0.2) is 0 Å². The number of benzene rings is 1. The molecule has 9 nitrogen and oxygen atoms in total. The Kier molecular flexibility index (Phi) is 7.03. The molecule has 0 radical (unpaired) electrons. The summed E-state index contributed by atoms with van der Waals surface area (Å²) in [5.74, 6) is -2.86. The van der Waals surface area contributed by atoms with Crippen LogP contribution in [0.5, 0.6) is 0 Å². The topological polar surface area (TPSA) is 109 Å². The smallest absolute Gasteiger partial charge is 0.475 e. The van der Waals surface area contributed by atoms with Crippen LogP contribution < -0.4 is 11.0 Å². The average molecular weight is 483 g/mol. The number of carboxylic acids is 1. The van der Waals surface area contributed by atoms with E-state index in [0.29, 0.717) is 11.4 Å². The van der Waals surface area contributed by atoms with Gasteiger partial charge in [0.25, 0.3) is 5.91 Å². The molecule has 176 valence electrons. The first-order chi connectivity index (χ1) is 15.5. The van der Waals surface area contributed by atoms with Gasteiger partial charge in [-0.1, -0.05) is 0 Å². The number of amides is 1. The van der Waals surface area contributed by atoms with Crippen molar-refractivity contribution in [2.75, 3.05) is 18.9 Å². The van der Waals surface area contributed by atoms with Crippen molar-refractivity contribution in [2.45, 2.75) is 19.1 Å². The molecule has 33 heavy (non-hydrogen) atoms. The van der Waals surface area contributed by atoms with Gasteiger partial charge in [0.05, 0.1) is 10.6 Å². The Labute approximate surface area is 189 Å². The molecule has 4 rings (SSSR count). The number of carbonyl (C=O) groups is 2. The van der Waals surface area contributed by atoms with Gasteiger partial charge < -0.3 is 15.3 Å². The molecule has 2 N–H and O–H groups in total. The third-order valence-electron chi connectivity index (χ3n) is 4.73. The molecule has 1 aliphatic rings. The van der Waals surface area contributed by atoms with Gasteiger partial charge in [0, 0.05) is 30.7 Å². The van der Waals surface area contributed by atoms with Gasteiger partial charge >= 0.3 is 17.8 Å². The van der Waals surface area contributed by atoms with Crippen LogP contribution in [-0.4, -0.2) is 56.0 Å². The number of nitrogens with one attached hydrogen (secondary N) is 1. The molecule has 0 bridgehead atoms. The van der Waals surface area contributed by atoms with Gasteiger partial charge in [-0.05, 0) is 49.4 Å². The zero-order chi connectivity index (χ0) is 24.3.